The van der Waals surface area contributed by atoms with Gasteiger partial charge in [0.25, 0.3) is 0 Å². The van der Waals surface area contributed by atoms with Crippen LogP contribution < -0.4 is 5.73 Å². The van der Waals surface area contributed by atoms with Crippen molar-refractivity contribution in [2.24, 2.45) is 12.8 Å². The van der Waals surface area contributed by atoms with Crippen LogP contribution in [0.2, 0.25) is 0 Å². The minimum atomic E-state index is -0.586. The lowest BCUT2D eigenvalue weighted by Gasteiger charge is -2.44. The average molecular weight is 312 g/mol. The fourth-order valence-electron chi connectivity index (χ4n) is 2.89. The number of nitrogens with two attached hydrogens (primary N) is 1. The van der Waals surface area contributed by atoms with Crippen LogP contribution in [0.4, 0.5) is 0 Å². The number of aryl methyl sites for hydroxylation is 1. The topological polar surface area (TPSA) is 74.6 Å². The molecule has 1 heterocycles. The summed E-state index contributed by atoms with van der Waals surface area (Å²) in [6, 6.07) is 2.01. The zero-order valence-electron chi connectivity index (χ0n) is 12.2. The van der Waals surface area contributed by atoms with Crippen molar-refractivity contribution in [2.75, 3.05) is 26.3 Å². The van der Waals surface area contributed by atoms with Crippen LogP contribution in [0, 0.1) is 0 Å². The number of aromatic nitrogens is 1. The molecule has 1 aromatic heterocycles. The molecule has 0 fully saturated rings. The summed E-state index contributed by atoms with van der Waals surface area (Å²) < 4.78 is 1.96. The molecule has 1 atom stereocenters. The van der Waals surface area contributed by atoms with E-state index in [1.54, 1.807) is 6.08 Å². The van der Waals surface area contributed by atoms with E-state index in [0.29, 0.717) is 30.2 Å². The summed E-state index contributed by atoms with van der Waals surface area (Å²) in [4.78, 5) is 2.00. The van der Waals surface area contributed by atoms with Crippen LogP contribution in [0.1, 0.15) is 12.0 Å². The van der Waals surface area contributed by atoms with Crippen molar-refractivity contribution < 1.29 is 10.2 Å². The molecule has 1 unspecified atom stereocenters. The van der Waals surface area contributed by atoms with E-state index in [1.165, 1.54) is 0 Å². The summed E-state index contributed by atoms with van der Waals surface area (Å²) in [7, 11) is 1.95. The minimum absolute atomic E-state index is 0.00203. The van der Waals surface area contributed by atoms with Gasteiger partial charge in [-0.3, -0.25) is 4.90 Å². The van der Waals surface area contributed by atoms with Gasteiger partial charge in [-0.1, -0.05) is 17.7 Å². The summed E-state index contributed by atoms with van der Waals surface area (Å²) in [6.07, 6.45) is 8.25. The fraction of sp³-hybridized carbons (Fsp3) is 0.467. The number of allylic oxidation sites excluding steroid dienone is 1. The van der Waals surface area contributed by atoms with Gasteiger partial charge in [-0.2, -0.15) is 0 Å². The van der Waals surface area contributed by atoms with Gasteiger partial charge >= 0.3 is 0 Å². The lowest BCUT2D eigenvalue weighted by Crippen LogP contribution is -2.49. The number of rotatable bonds is 6. The molecule has 1 aliphatic rings. The van der Waals surface area contributed by atoms with E-state index < -0.39 is 5.54 Å². The first kappa shape index (κ1) is 16.1. The molecule has 6 heteroatoms. The van der Waals surface area contributed by atoms with Crippen molar-refractivity contribution in [1.29, 1.82) is 0 Å². The van der Waals surface area contributed by atoms with Gasteiger partial charge in [-0.05, 0) is 24.1 Å². The van der Waals surface area contributed by atoms with Crippen molar-refractivity contribution in [3.63, 3.8) is 0 Å². The highest BCUT2D eigenvalue weighted by atomic mass is 35.5. The third-order valence-corrected chi connectivity index (χ3v) is 4.33. The predicted molar refractivity (Wildman–Crippen MR) is 83.7 cm³/mol. The molecule has 0 aromatic carbocycles. The minimum Gasteiger partial charge on any atom is -0.399 e. The molecule has 0 amide bonds. The zero-order valence-corrected chi connectivity index (χ0v) is 12.9. The van der Waals surface area contributed by atoms with Crippen molar-refractivity contribution >= 4 is 11.6 Å². The maximum atomic E-state index is 9.37. The van der Waals surface area contributed by atoms with Crippen LogP contribution in [0.15, 0.2) is 41.3 Å². The second-order valence-electron chi connectivity index (χ2n) is 5.26. The van der Waals surface area contributed by atoms with Gasteiger partial charge in [0, 0.05) is 43.3 Å². The normalized spacial score (nSPS) is 22.3. The van der Waals surface area contributed by atoms with E-state index in [0.717, 1.165) is 5.56 Å². The van der Waals surface area contributed by atoms with Crippen LogP contribution in [0.25, 0.3) is 0 Å². The smallest absolute Gasteiger partial charge is 0.0875 e. The van der Waals surface area contributed by atoms with Gasteiger partial charge in [-0.15, -0.1) is 0 Å². The molecule has 21 heavy (non-hydrogen) atoms. The third-order valence-electron chi connectivity index (χ3n) is 3.91. The first-order chi connectivity index (χ1) is 10.0. The number of hydrogen-bond donors (Lipinski definition) is 3. The molecule has 0 saturated heterocycles. The first-order valence-corrected chi connectivity index (χ1v) is 7.35. The summed E-state index contributed by atoms with van der Waals surface area (Å²) in [5.41, 5.74) is 6.93. The molecule has 0 radical (unpaired) electrons. The molecule has 0 bridgehead atoms. The second kappa shape index (κ2) is 6.66. The second-order valence-corrected chi connectivity index (χ2v) is 5.67. The van der Waals surface area contributed by atoms with Crippen molar-refractivity contribution in [2.45, 2.75) is 12.0 Å². The Labute approximate surface area is 129 Å². The molecule has 5 nitrogen and oxygen atoms in total. The molecule has 0 saturated carbocycles. The molecule has 0 spiro atoms. The Bertz CT molecular complexity index is 547. The first-order valence-electron chi connectivity index (χ1n) is 6.97. The van der Waals surface area contributed by atoms with Crippen molar-refractivity contribution in [1.82, 2.24) is 9.47 Å². The van der Waals surface area contributed by atoms with Gasteiger partial charge in [0.1, 0.15) is 0 Å². The molecular weight excluding hydrogens is 290 g/mol. The number of aliphatic hydroxyl groups is 2. The summed E-state index contributed by atoms with van der Waals surface area (Å²) in [6.45, 7) is 0.844. The van der Waals surface area contributed by atoms with E-state index >= 15 is 0 Å². The number of aliphatic hydroxyl groups excluding tert-OH is 2. The van der Waals surface area contributed by atoms with Crippen molar-refractivity contribution in [3.05, 3.63) is 46.9 Å². The lowest BCUT2D eigenvalue weighted by atomic mass is 9.82. The summed E-state index contributed by atoms with van der Waals surface area (Å²) in [5, 5.41) is 19.3. The van der Waals surface area contributed by atoms with Crippen LogP contribution in [0.3, 0.4) is 0 Å². The lowest BCUT2D eigenvalue weighted by molar-refractivity contribution is 0.0757. The fourth-order valence-corrected chi connectivity index (χ4v) is 3.32. The van der Waals surface area contributed by atoms with E-state index in [2.05, 4.69) is 0 Å². The monoisotopic (exact) mass is 311 g/mol. The quantitative estimate of drug-likeness (QED) is 0.729. The molecule has 4 N–H and O–H groups in total. The van der Waals surface area contributed by atoms with Crippen LogP contribution in [0.5, 0.6) is 0 Å². The molecule has 2 rings (SSSR count). The highest BCUT2D eigenvalue weighted by Crippen LogP contribution is 2.44. The Balaban J connectivity index is 2.51. The molecule has 1 aromatic rings. The molecule has 0 aliphatic heterocycles. The highest BCUT2D eigenvalue weighted by molar-refractivity contribution is 6.31. The van der Waals surface area contributed by atoms with Gasteiger partial charge in [0.2, 0.25) is 0 Å². The average Bonchev–Trinajstić information content (AvgIpc) is 2.86. The Hall–Kier alpha value is -1.27. The van der Waals surface area contributed by atoms with E-state index in [9.17, 15) is 10.2 Å². The van der Waals surface area contributed by atoms with Crippen molar-refractivity contribution in [3.8, 4) is 0 Å². The maximum absolute atomic E-state index is 9.37. The standard InChI is InChI=1S/C15H22ClN3O2/c1-18-5-3-12(11-18)15(19(6-8-20)7-9-21)4-2-13(17)10-14(15)16/h2-3,5,10-11,20-21H,4,6-9,17H2,1H3. The van der Waals surface area contributed by atoms with Crippen LogP contribution >= 0.6 is 11.6 Å². The Morgan fingerprint density at radius 1 is 1.38 bits per heavy atom. The van der Waals surface area contributed by atoms with E-state index in [4.69, 9.17) is 17.3 Å². The molecule has 1 aliphatic carbocycles. The van der Waals surface area contributed by atoms with Gasteiger partial charge in [0.05, 0.1) is 18.8 Å². The molecule has 116 valence electrons. The largest absolute Gasteiger partial charge is 0.399 e. The van der Waals surface area contributed by atoms with Gasteiger partial charge in [-0.25, -0.2) is 0 Å². The van der Waals surface area contributed by atoms with Gasteiger partial charge < -0.3 is 20.5 Å². The van der Waals surface area contributed by atoms with E-state index in [-0.39, 0.29) is 13.2 Å². The predicted octanol–water partition coefficient (Wildman–Crippen LogP) is 0.876. The summed E-state index contributed by atoms with van der Waals surface area (Å²) in [5.74, 6) is 0. The van der Waals surface area contributed by atoms with E-state index in [1.807, 2.05) is 41.1 Å². The Kier molecular flexibility index (Phi) is 5.11. The Morgan fingerprint density at radius 2 is 2.05 bits per heavy atom. The molecular formula is C15H22ClN3O2. The van der Waals surface area contributed by atoms with Crippen LogP contribution in [-0.2, 0) is 12.6 Å². The van der Waals surface area contributed by atoms with Gasteiger partial charge in [0.15, 0.2) is 0 Å². The number of halogens is 1. The zero-order chi connectivity index (χ0) is 15.5. The Morgan fingerprint density at radius 3 is 2.52 bits per heavy atom. The number of hydrogen-bond acceptors (Lipinski definition) is 4. The third kappa shape index (κ3) is 3.01. The summed E-state index contributed by atoms with van der Waals surface area (Å²) >= 11 is 6.57. The highest BCUT2D eigenvalue weighted by Gasteiger charge is 2.42. The maximum Gasteiger partial charge on any atom is 0.0875 e. The van der Waals surface area contributed by atoms with Crippen LogP contribution in [-0.4, -0.2) is 46.0 Å². The number of nitrogens with zero attached hydrogens (tertiary/aromatic N) is 2. The SMILES string of the molecule is Cn1ccc(C2(N(CCO)CCO)CC=C(N)C=C2Cl)c1.